The van der Waals surface area contributed by atoms with E-state index >= 15 is 0 Å². The van der Waals surface area contributed by atoms with Crippen molar-refractivity contribution >= 4 is 32.8 Å². The zero-order valence-corrected chi connectivity index (χ0v) is 16.7. The third kappa shape index (κ3) is 2.74. The highest BCUT2D eigenvalue weighted by atomic mass is 35.5. The zero-order valence-electron chi connectivity index (χ0n) is 15.1. The van der Waals surface area contributed by atoms with E-state index in [1.807, 2.05) is 12.1 Å². The molecule has 1 aliphatic heterocycles. The molecule has 3 atom stereocenters. The fourth-order valence-corrected chi connectivity index (χ4v) is 4.73. The Morgan fingerprint density at radius 2 is 1.57 bits per heavy atom. The summed E-state index contributed by atoms with van der Waals surface area (Å²) in [5, 5.41) is 21.9. The van der Waals surface area contributed by atoms with Crippen molar-refractivity contribution in [2.24, 2.45) is 0 Å². The number of fused-ring (bicyclic) bond motifs is 2. The Morgan fingerprint density at radius 3 is 2.17 bits per heavy atom. The van der Waals surface area contributed by atoms with Gasteiger partial charge in [-0.15, -0.1) is 11.6 Å². The predicted molar refractivity (Wildman–Crippen MR) is 106 cm³/mol. The van der Waals surface area contributed by atoms with Gasteiger partial charge in [-0.2, -0.15) is 8.42 Å². The normalized spacial score (nSPS) is 24.1. The van der Waals surface area contributed by atoms with Crippen LogP contribution in [0.3, 0.4) is 0 Å². The average Bonchev–Trinajstić information content (AvgIpc) is 2.70. The summed E-state index contributed by atoms with van der Waals surface area (Å²) >= 11 is 6.31. The molecule has 0 fully saturated rings. The molecular weight excluding hydrogens is 436 g/mol. The van der Waals surface area contributed by atoms with Gasteiger partial charge in [0.05, 0.1) is 10.8 Å². The van der Waals surface area contributed by atoms with Crippen LogP contribution >= 0.6 is 11.6 Å². The Balaban J connectivity index is 1.76. The summed E-state index contributed by atoms with van der Waals surface area (Å²) in [6.45, 7) is 0. The van der Waals surface area contributed by atoms with E-state index in [2.05, 4.69) is 4.18 Å². The van der Waals surface area contributed by atoms with Crippen LogP contribution in [0.5, 0.6) is 17.2 Å². The number of hydrogen-bond donors (Lipinski definition) is 3. The SMILES string of the molecule is O=S(=O)(O)Oc1cccc2c1[C@H](O)[C@@H](Cl)[C@@H](O)C21Oc2cccc3cccc(c23)O1. The fraction of sp³-hybridized carbons (Fsp3) is 0.200. The van der Waals surface area contributed by atoms with Crippen molar-refractivity contribution in [1.29, 1.82) is 0 Å². The molecule has 0 saturated carbocycles. The minimum absolute atomic E-state index is 0.0769. The van der Waals surface area contributed by atoms with Crippen LogP contribution < -0.4 is 13.7 Å². The van der Waals surface area contributed by atoms with Gasteiger partial charge in [-0.25, -0.2) is 0 Å². The van der Waals surface area contributed by atoms with Crippen LogP contribution in [0.1, 0.15) is 17.2 Å². The largest absolute Gasteiger partial charge is 0.446 e. The lowest BCUT2D eigenvalue weighted by Crippen LogP contribution is -2.59. The van der Waals surface area contributed by atoms with Gasteiger partial charge >= 0.3 is 16.2 Å². The van der Waals surface area contributed by atoms with Crippen molar-refractivity contribution in [3.63, 3.8) is 0 Å². The van der Waals surface area contributed by atoms with Crippen molar-refractivity contribution in [2.75, 3.05) is 0 Å². The smallest absolute Gasteiger partial charge is 0.445 e. The van der Waals surface area contributed by atoms with Crippen LogP contribution in [-0.4, -0.2) is 34.7 Å². The van der Waals surface area contributed by atoms with E-state index in [4.69, 9.17) is 25.6 Å². The van der Waals surface area contributed by atoms with Crippen molar-refractivity contribution < 1.29 is 36.8 Å². The molecular formula is C20H15ClO8S. The number of aliphatic hydroxyl groups is 2. The van der Waals surface area contributed by atoms with Gasteiger partial charge in [0.2, 0.25) is 0 Å². The lowest BCUT2D eigenvalue weighted by molar-refractivity contribution is -0.212. The van der Waals surface area contributed by atoms with E-state index in [1.165, 1.54) is 18.2 Å². The summed E-state index contributed by atoms with van der Waals surface area (Å²) < 4.78 is 48.7. The molecule has 3 N–H and O–H groups in total. The Labute approximate surface area is 176 Å². The van der Waals surface area contributed by atoms with Crippen LogP contribution in [0, 0.1) is 0 Å². The summed E-state index contributed by atoms with van der Waals surface area (Å²) in [5.74, 6) is -1.41. The van der Waals surface area contributed by atoms with Crippen LogP contribution in [-0.2, 0) is 16.2 Å². The quantitative estimate of drug-likeness (QED) is 0.402. The molecule has 1 spiro atoms. The molecule has 2 aliphatic rings. The molecule has 8 nitrogen and oxygen atoms in total. The highest BCUT2D eigenvalue weighted by Gasteiger charge is 2.58. The number of rotatable bonds is 2. The third-order valence-electron chi connectivity index (χ3n) is 5.28. The molecule has 5 rings (SSSR count). The van der Waals surface area contributed by atoms with Gasteiger partial charge in [-0.1, -0.05) is 36.4 Å². The second-order valence-electron chi connectivity index (χ2n) is 7.04. The maximum absolute atomic E-state index is 11.3. The van der Waals surface area contributed by atoms with Gasteiger partial charge in [-0.05, 0) is 23.6 Å². The first kappa shape index (κ1) is 19.4. The molecule has 0 aromatic heterocycles. The molecule has 0 bridgehead atoms. The van der Waals surface area contributed by atoms with Gasteiger partial charge in [0, 0.05) is 11.1 Å². The van der Waals surface area contributed by atoms with Crippen molar-refractivity contribution in [3.05, 3.63) is 65.7 Å². The van der Waals surface area contributed by atoms with Gasteiger partial charge in [0.25, 0.3) is 0 Å². The first-order valence-corrected chi connectivity index (χ1v) is 10.7. The third-order valence-corrected chi connectivity index (χ3v) is 6.14. The van der Waals surface area contributed by atoms with Gasteiger partial charge < -0.3 is 23.9 Å². The zero-order chi connectivity index (χ0) is 21.3. The molecule has 30 heavy (non-hydrogen) atoms. The molecule has 0 radical (unpaired) electrons. The molecule has 1 heterocycles. The first-order chi connectivity index (χ1) is 14.2. The second kappa shape index (κ2) is 6.47. The highest BCUT2D eigenvalue weighted by Crippen LogP contribution is 2.53. The summed E-state index contributed by atoms with van der Waals surface area (Å²) in [4.78, 5) is 0. The van der Waals surface area contributed by atoms with E-state index in [9.17, 15) is 18.6 Å². The lowest BCUT2D eigenvalue weighted by atomic mass is 9.81. The van der Waals surface area contributed by atoms with E-state index in [-0.39, 0.29) is 16.9 Å². The Hall–Kier alpha value is -2.56. The van der Waals surface area contributed by atoms with Crippen LogP contribution in [0.15, 0.2) is 54.6 Å². The topological polar surface area (TPSA) is 123 Å². The van der Waals surface area contributed by atoms with Crippen LogP contribution in [0.2, 0.25) is 0 Å². The van der Waals surface area contributed by atoms with E-state index in [0.717, 1.165) is 5.39 Å². The number of halogens is 1. The standard InChI is InChI=1S/C20H15ClO8S/c21-17-18(22)16-11(6-3-9-14(16)29-30(24,25)26)20(19(17)23)27-12-7-1-4-10-5-2-8-13(28-20)15(10)12/h1-9,17-19,22-23H,(H,24,25,26)/t17-,18+,19-/m1/s1. The fourth-order valence-electron chi connectivity index (χ4n) is 4.06. The van der Waals surface area contributed by atoms with Crippen molar-refractivity contribution in [3.8, 4) is 17.2 Å². The molecule has 1 aliphatic carbocycles. The maximum atomic E-state index is 11.3. The highest BCUT2D eigenvalue weighted by molar-refractivity contribution is 7.81. The molecule has 10 heteroatoms. The summed E-state index contributed by atoms with van der Waals surface area (Å²) in [6, 6.07) is 14.9. The van der Waals surface area contributed by atoms with Crippen molar-refractivity contribution in [1.82, 2.24) is 0 Å². The number of alkyl halides is 1. The van der Waals surface area contributed by atoms with E-state index in [0.29, 0.717) is 16.9 Å². The molecule has 156 valence electrons. The van der Waals surface area contributed by atoms with Gasteiger partial charge in [0.1, 0.15) is 17.6 Å². The number of aliphatic hydroxyl groups excluding tert-OH is 2. The molecule has 3 aromatic rings. The van der Waals surface area contributed by atoms with Crippen LogP contribution in [0.4, 0.5) is 0 Å². The minimum atomic E-state index is -4.89. The number of ether oxygens (including phenoxy) is 2. The molecule has 3 aromatic carbocycles. The molecule has 0 unspecified atom stereocenters. The number of benzene rings is 3. The van der Waals surface area contributed by atoms with Crippen molar-refractivity contribution in [2.45, 2.75) is 23.4 Å². The second-order valence-corrected chi connectivity index (χ2v) is 8.57. The Kier molecular flexibility index (Phi) is 4.18. The lowest BCUT2D eigenvalue weighted by Gasteiger charge is -2.47. The average molecular weight is 451 g/mol. The minimum Gasteiger partial charge on any atom is -0.445 e. The van der Waals surface area contributed by atoms with E-state index in [1.54, 1.807) is 24.3 Å². The summed E-state index contributed by atoms with van der Waals surface area (Å²) in [5.41, 5.74) is 0.0408. The van der Waals surface area contributed by atoms with E-state index < -0.39 is 33.8 Å². The van der Waals surface area contributed by atoms with Crippen LogP contribution in [0.25, 0.3) is 10.8 Å². The van der Waals surface area contributed by atoms with Gasteiger partial charge in [-0.3, -0.25) is 4.55 Å². The maximum Gasteiger partial charge on any atom is 0.446 e. The summed E-state index contributed by atoms with van der Waals surface area (Å²) in [7, 11) is -4.89. The van der Waals surface area contributed by atoms with Gasteiger partial charge in [0.15, 0.2) is 11.9 Å². The Morgan fingerprint density at radius 1 is 0.967 bits per heavy atom. The Bertz CT molecular complexity index is 1230. The summed E-state index contributed by atoms with van der Waals surface area (Å²) in [6.07, 6.45) is -3.06. The molecule has 0 amide bonds. The number of hydrogen-bond acceptors (Lipinski definition) is 7. The molecule has 0 saturated heterocycles. The first-order valence-electron chi connectivity index (χ1n) is 8.91. The monoisotopic (exact) mass is 450 g/mol. The predicted octanol–water partition coefficient (Wildman–Crippen LogP) is 2.66.